The molecule has 2 heterocycles. The normalized spacial score (nSPS) is 18.5. The van der Waals surface area contributed by atoms with Gasteiger partial charge in [0.05, 0.1) is 37.7 Å². The van der Waals surface area contributed by atoms with Crippen LogP contribution in [0.4, 0.5) is 0 Å². The summed E-state index contributed by atoms with van der Waals surface area (Å²) in [5, 5.41) is 0.452. The second kappa shape index (κ2) is 11.6. The lowest BCUT2D eigenvalue weighted by Crippen LogP contribution is -2.44. The lowest BCUT2D eigenvalue weighted by molar-refractivity contribution is -0.144. The van der Waals surface area contributed by atoms with Crippen molar-refractivity contribution in [1.29, 1.82) is 0 Å². The Balaban J connectivity index is 1.71. The summed E-state index contributed by atoms with van der Waals surface area (Å²) in [5.74, 6) is 0.813. The predicted molar refractivity (Wildman–Crippen MR) is 119 cm³/mol. The molecular formula is C23H33ClN2O5. The highest BCUT2D eigenvalue weighted by Gasteiger charge is 2.28. The first kappa shape index (κ1) is 23.7. The molecule has 1 saturated heterocycles. The van der Waals surface area contributed by atoms with Crippen LogP contribution in [-0.4, -0.2) is 73.7 Å². The zero-order chi connectivity index (χ0) is 22.2. The first-order chi connectivity index (χ1) is 15.0. The molecule has 0 aliphatic carbocycles. The Bertz CT molecular complexity index is 773. The summed E-state index contributed by atoms with van der Waals surface area (Å²) in [6.45, 7) is 8.36. The molecule has 0 saturated carbocycles. The van der Waals surface area contributed by atoms with Crippen molar-refractivity contribution >= 4 is 23.5 Å². The van der Waals surface area contributed by atoms with Crippen LogP contribution in [0.5, 0.6) is 11.5 Å². The van der Waals surface area contributed by atoms with Crippen LogP contribution in [0.15, 0.2) is 12.1 Å². The van der Waals surface area contributed by atoms with Crippen molar-refractivity contribution in [3.63, 3.8) is 0 Å². The van der Waals surface area contributed by atoms with Gasteiger partial charge in [-0.15, -0.1) is 0 Å². The van der Waals surface area contributed by atoms with Gasteiger partial charge in [-0.2, -0.15) is 0 Å². The highest BCUT2D eigenvalue weighted by molar-refractivity contribution is 6.32. The lowest BCUT2D eigenvalue weighted by atomic mass is 10.1. The van der Waals surface area contributed by atoms with E-state index in [2.05, 4.69) is 11.8 Å². The lowest BCUT2D eigenvalue weighted by Gasteiger charge is -2.30. The average molecular weight is 453 g/mol. The van der Waals surface area contributed by atoms with Gasteiger partial charge in [-0.05, 0) is 50.6 Å². The molecule has 1 aromatic rings. The van der Waals surface area contributed by atoms with Gasteiger partial charge in [0.15, 0.2) is 11.5 Å². The second-order valence-electron chi connectivity index (χ2n) is 7.95. The predicted octanol–water partition coefficient (Wildman–Crippen LogP) is 3.31. The van der Waals surface area contributed by atoms with Crippen LogP contribution < -0.4 is 9.47 Å². The zero-order valence-corrected chi connectivity index (χ0v) is 19.3. The van der Waals surface area contributed by atoms with Crippen LogP contribution in [0.2, 0.25) is 5.02 Å². The average Bonchev–Trinajstić information content (AvgIpc) is 3.05. The molecule has 0 radical (unpaired) electrons. The van der Waals surface area contributed by atoms with Crippen molar-refractivity contribution in [3.8, 4) is 11.5 Å². The Labute approximate surface area is 189 Å². The SMILES string of the molecule is CCOC(=O)CCN(CC1CCCN1CC)C(=O)Cc1cc(Cl)c2c(c1)OCCCO2. The van der Waals surface area contributed by atoms with Crippen LogP contribution in [-0.2, 0) is 20.7 Å². The minimum Gasteiger partial charge on any atom is -0.489 e. The standard InChI is InChI=1S/C23H33ClN2O5/c1-3-25-9-5-7-18(25)16-26(10-8-22(28)29-4-2)21(27)15-17-13-19(24)23-20(14-17)30-11-6-12-31-23/h13-14,18H,3-12,15-16H2,1-2H3. The molecule has 0 aromatic heterocycles. The monoisotopic (exact) mass is 452 g/mol. The van der Waals surface area contributed by atoms with Gasteiger partial charge in [-0.25, -0.2) is 0 Å². The molecule has 1 atom stereocenters. The molecule has 3 rings (SSSR count). The highest BCUT2D eigenvalue weighted by Crippen LogP contribution is 2.38. The van der Waals surface area contributed by atoms with E-state index in [0.29, 0.717) is 55.5 Å². The van der Waals surface area contributed by atoms with Crippen molar-refractivity contribution in [1.82, 2.24) is 9.80 Å². The maximum Gasteiger partial charge on any atom is 0.307 e. The van der Waals surface area contributed by atoms with Crippen molar-refractivity contribution < 1.29 is 23.8 Å². The summed E-state index contributed by atoms with van der Waals surface area (Å²) in [7, 11) is 0. The maximum absolute atomic E-state index is 13.3. The Kier molecular flexibility index (Phi) is 8.84. The van der Waals surface area contributed by atoms with E-state index in [1.54, 1.807) is 17.9 Å². The number of esters is 1. The number of likely N-dealkylation sites (N-methyl/N-ethyl adjacent to an activating group) is 1. The Hall–Kier alpha value is -1.99. The Morgan fingerprint density at radius 1 is 1.23 bits per heavy atom. The van der Waals surface area contributed by atoms with Gasteiger partial charge < -0.3 is 19.1 Å². The number of fused-ring (bicyclic) bond motifs is 1. The van der Waals surface area contributed by atoms with E-state index in [9.17, 15) is 9.59 Å². The molecule has 1 unspecified atom stereocenters. The van der Waals surface area contributed by atoms with Crippen LogP contribution in [0, 0.1) is 0 Å². The number of ether oxygens (including phenoxy) is 3. The van der Waals surface area contributed by atoms with E-state index in [0.717, 1.165) is 37.9 Å². The molecule has 1 fully saturated rings. The first-order valence-corrected chi connectivity index (χ1v) is 11.6. The number of likely N-dealkylation sites (tertiary alicyclic amines) is 1. The minimum atomic E-state index is -0.280. The van der Waals surface area contributed by atoms with E-state index in [1.165, 1.54) is 0 Å². The van der Waals surface area contributed by atoms with Gasteiger partial charge in [0, 0.05) is 25.6 Å². The van der Waals surface area contributed by atoms with Gasteiger partial charge in [0.2, 0.25) is 5.91 Å². The van der Waals surface area contributed by atoms with Gasteiger partial charge in [0.25, 0.3) is 0 Å². The zero-order valence-electron chi connectivity index (χ0n) is 18.5. The number of amides is 1. The molecule has 1 aromatic carbocycles. The number of carbonyl (C=O) groups excluding carboxylic acids is 2. The highest BCUT2D eigenvalue weighted by atomic mass is 35.5. The van der Waals surface area contributed by atoms with Gasteiger partial charge >= 0.3 is 5.97 Å². The van der Waals surface area contributed by atoms with Gasteiger partial charge in [-0.3, -0.25) is 14.5 Å². The Morgan fingerprint density at radius 2 is 2.03 bits per heavy atom. The van der Waals surface area contributed by atoms with Crippen LogP contribution in [0.3, 0.4) is 0 Å². The van der Waals surface area contributed by atoms with Gasteiger partial charge in [0.1, 0.15) is 0 Å². The molecule has 2 aliphatic heterocycles. The largest absolute Gasteiger partial charge is 0.489 e. The van der Waals surface area contributed by atoms with Crippen molar-refractivity contribution in [2.24, 2.45) is 0 Å². The molecule has 31 heavy (non-hydrogen) atoms. The fraction of sp³-hybridized carbons (Fsp3) is 0.652. The summed E-state index contributed by atoms with van der Waals surface area (Å²) >= 11 is 6.40. The van der Waals surface area contributed by atoms with Crippen LogP contribution >= 0.6 is 11.6 Å². The quantitative estimate of drug-likeness (QED) is 0.535. The molecular weight excluding hydrogens is 420 g/mol. The van der Waals surface area contributed by atoms with Crippen LogP contribution in [0.1, 0.15) is 45.1 Å². The topological polar surface area (TPSA) is 68.3 Å². The molecule has 1 amide bonds. The fourth-order valence-corrected chi connectivity index (χ4v) is 4.51. The number of nitrogens with zero attached hydrogens (tertiary/aromatic N) is 2. The summed E-state index contributed by atoms with van der Waals surface area (Å²) in [4.78, 5) is 29.4. The number of carbonyl (C=O) groups is 2. The summed E-state index contributed by atoms with van der Waals surface area (Å²) in [5.41, 5.74) is 0.777. The maximum atomic E-state index is 13.3. The smallest absolute Gasteiger partial charge is 0.307 e. The van der Waals surface area contributed by atoms with Gasteiger partial charge in [-0.1, -0.05) is 18.5 Å². The van der Waals surface area contributed by atoms with E-state index in [4.69, 9.17) is 25.8 Å². The third-order valence-corrected chi connectivity index (χ3v) is 6.08. The van der Waals surface area contributed by atoms with Crippen LogP contribution in [0.25, 0.3) is 0 Å². The fourth-order valence-electron chi connectivity index (χ4n) is 4.22. The van der Waals surface area contributed by atoms with Crippen molar-refractivity contribution in [2.75, 3.05) is 46.0 Å². The molecule has 0 bridgehead atoms. The number of rotatable bonds is 9. The molecule has 7 nitrogen and oxygen atoms in total. The first-order valence-electron chi connectivity index (χ1n) is 11.3. The van der Waals surface area contributed by atoms with E-state index >= 15 is 0 Å². The number of benzene rings is 1. The number of halogens is 1. The Morgan fingerprint density at radius 3 is 2.81 bits per heavy atom. The molecule has 0 spiro atoms. The number of hydrogen-bond donors (Lipinski definition) is 0. The molecule has 172 valence electrons. The van der Waals surface area contributed by atoms with Crippen molar-refractivity contribution in [2.45, 2.75) is 52.0 Å². The molecule has 2 aliphatic rings. The number of hydrogen-bond acceptors (Lipinski definition) is 6. The molecule has 0 N–H and O–H groups in total. The third-order valence-electron chi connectivity index (χ3n) is 5.80. The second-order valence-corrected chi connectivity index (χ2v) is 8.36. The molecule has 8 heteroatoms. The van der Waals surface area contributed by atoms with E-state index < -0.39 is 0 Å². The third kappa shape index (κ3) is 6.50. The van der Waals surface area contributed by atoms with E-state index in [-0.39, 0.29) is 24.7 Å². The summed E-state index contributed by atoms with van der Waals surface area (Å²) < 4.78 is 16.5. The van der Waals surface area contributed by atoms with E-state index in [1.807, 2.05) is 6.07 Å². The van der Waals surface area contributed by atoms with Crippen molar-refractivity contribution in [3.05, 3.63) is 22.7 Å². The summed E-state index contributed by atoms with van der Waals surface area (Å²) in [6.07, 6.45) is 3.37. The minimum absolute atomic E-state index is 0.0298. The summed E-state index contributed by atoms with van der Waals surface area (Å²) in [6, 6.07) is 3.93.